The number of rotatable bonds is 5. The van der Waals surface area contributed by atoms with Crippen molar-refractivity contribution in [3.8, 4) is 6.07 Å². The fourth-order valence-electron chi connectivity index (χ4n) is 4.05. The molecule has 0 radical (unpaired) electrons. The maximum atomic E-state index is 12.1. The van der Waals surface area contributed by atoms with Crippen molar-refractivity contribution in [2.24, 2.45) is 9.98 Å². The summed E-state index contributed by atoms with van der Waals surface area (Å²) in [5.74, 6) is -0.474. The van der Waals surface area contributed by atoms with E-state index < -0.39 is 0 Å². The third-order valence-corrected chi connectivity index (χ3v) is 5.84. The number of carbonyl (C=O) groups excluding carboxylic acids is 2. The summed E-state index contributed by atoms with van der Waals surface area (Å²) >= 11 is 0. The van der Waals surface area contributed by atoms with Crippen LogP contribution >= 0.6 is 0 Å². The highest BCUT2D eigenvalue weighted by Gasteiger charge is 2.25. The molecule has 3 aliphatic heterocycles. The lowest BCUT2D eigenvalue weighted by Crippen LogP contribution is -2.47. The molecule has 1 aromatic rings. The molecule has 1 atom stereocenters. The van der Waals surface area contributed by atoms with Gasteiger partial charge in [-0.3, -0.25) is 19.5 Å². The average molecular weight is 432 g/mol. The predicted octanol–water partition coefficient (Wildman–Crippen LogP) is 1.13. The Balaban J connectivity index is 1.38. The van der Waals surface area contributed by atoms with Crippen LogP contribution in [0.5, 0.6) is 0 Å². The number of nitrogens with one attached hydrogen (secondary N) is 1. The van der Waals surface area contributed by atoms with E-state index in [1.165, 1.54) is 7.05 Å². The number of amides is 2. The van der Waals surface area contributed by atoms with Gasteiger partial charge in [0.15, 0.2) is 5.69 Å². The molecule has 32 heavy (non-hydrogen) atoms. The standard InChI is InChI=1S/C23H25N7O2/c1-3-16-11-18-19(28-22(16)31)10-15(13-26-18)14-29-6-8-30(9-7-29)21-5-4-17(23(32)25-2)27-20(21)12-24/h4-5,10-11,13,18H,3,6-9,14H2,1-2H3,(H,25,32). The molecular formula is C23H25N7O2. The minimum atomic E-state index is -0.312. The van der Waals surface area contributed by atoms with Crippen molar-refractivity contribution in [1.29, 1.82) is 5.26 Å². The SMILES string of the molecule is CCC1=CC2N=CC(CN3CCN(c4ccc(C(=O)NC)nc4C#N)CC3)=CC2=NC1=O. The van der Waals surface area contributed by atoms with Crippen molar-refractivity contribution in [3.63, 3.8) is 0 Å². The number of hydrogen-bond donors (Lipinski definition) is 1. The van der Waals surface area contributed by atoms with Crippen LogP contribution in [0.15, 0.2) is 45.4 Å². The first-order chi connectivity index (χ1) is 15.5. The molecule has 0 saturated carbocycles. The zero-order chi connectivity index (χ0) is 22.7. The van der Waals surface area contributed by atoms with Gasteiger partial charge >= 0.3 is 0 Å². The summed E-state index contributed by atoms with van der Waals surface area (Å²) in [5, 5.41) is 12.0. The summed E-state index contributed by atoms with van der Waals surface area (Å²) in [4.78, 5) is 41.3. The fourth-order valence-corrected chi connectivity index (χ4v) is 4.05. The lowest BCUT2D eigenvalue weighted by molar-refractivity contribution is -0.114. The number of hydrogen-bond acceptors (Lipinski definition) is 7. The maximum absolute atomic E-state index is 12.1. The second-order valence-corrected chi connectivity index (χ2v) is 7.85. The van der Waals surface area contributed by atoms with Crippen molar-refractivity contribution < 1.29 is 9.59 Å². The second kappa shape index (κ2) is 9.24. The molecule has 9 nitrogen and oxygen atoms in total. The molecule has 1 unspecified atom stereocenters. The summed E-state index contributed by atoms with van der Waals surface area (Å²) in [6.45, 7) is 5.77. The molecule has 9 heteroatoms. The first-order valence-corrected chi connectivity index (χ1v) is 10.7. The van der Waals surface area contributed by atoms with Crippen LogP contribution in [0.4, 0.5) is 5.69 Å². The smallest absolute Gasteiger partial charge is 0.272 e. The van der Waals surface area contributed by atoms with Crippen LogP contribution in [0.1, 0.15) is 29.5 Å². The van der Waals surface area contributed by atoms with Gasteiger partial charge < -0.3 is 10.2 Å². The van der Waals surface area contributed by atoms with Crippen LogP contribution in [-0.2, 0) is 4.79 Å². The Morgan fingerprint density at radius 2 is 2.06 bits per heavy atom. The van der Waals surface area contributed by atoms with E-state index in [1.54, 1.807) is 12.1 Å². The summed E-state index contributed by atoms with van der Waals surface area (Å²) in [6, 6.07) is 5.39. The molecule has 1 aromatic heterocycles. The highest BCUT2D eigenvalue weighted by atomic mass is 16.2. The topological polar surface area (TPSA) is 114 Å². The summed E-state index contributed by atoms with van der Waals surface area (Å²) in [7, 11) is 1.54. The van der Waals surface area contributed by atoms with Crippen LogP contribution in [0.3, 0.4) is 0 Å². The lowest BCUT2D eigenvalue weighted by atomic mass is 9.98. The first kappa shape index (κ1) is 21.6. The van der Waals surface area contributed by atoms with E-state index >= 15 is 0 Å². The number of anilines is 1. The Morgan fingerprint density at radius 3 is 2.75 bits per heavy atom. The van der Waals surface area contributed by atoms with E-state index in [9.17, 15) is 14.9 Å². The molecule has 164 valence electrons. The molecule has 3 aliphatic rings. The Labute approximate surface area is 186 Å². The number of dihydropyridines is 2. The van der Waals surface area contributed by atoms with Gasteiger partial charge in [0.05, 0.1) is 11.4 Å². The predicted molar refractivity (Wildman–Crippen MR) is 122 cm³/mol. The maximum Gasteiger partial charge on any atom is 0.272 e. The Hall–Kier alpha value is -3.64. The monoisotopic (exact) mass is 431 g/mol. The molecule has 2 amide bonds. The summed E-state index contributed by atoms with van der Waals surface area (Å²) in [5.41, 5.74) is 3.70. The van der Waals surface area contributed by atoms with Gasteiger partial charge in [-0.15, -0.1) is 0 Å². The Morgan fingerprint density at radius 1 is 1.28 bits per heavy atom. The minimum Gasteiger partial charge on any atom is -0.367 e. The van der Waals surface area contributed by atoms with Crippen LogP contribution in [0, 0.1) is 11.3 Å². The van der Waals surface area contributed by atoms with Crippen LogP contribution < -0.4 is 10.2 Å². The largest absolute Gasteiger partial charge is 0.367 e. The zero-order valence-corrected chi connectivity index (χ0v) is 18.2. The first-order valence-electron chi connectivity index (χ1n) is 10.7. The number of fused-ring (bicyclic) bond motifs is 1. The van der Waals surface area contributed by atoms with E-state index in [0.29, 0.717) is 12.1 Å². The van der Waals surface area contributed by atoms with Crippen LogP contribution in [0.25, 0.3) is 0 Å². The van der Waals surface area contributed by atoms with Crippen molar-refractivity contribution in [1.82, 2.24) is 15.2 Å². The molecule has 0 aromatic carbocycles. The summed E-state index contributed by atoms with van der Waals surface area (Å²) in [6.07, 6.45) is 6.43. The molecule has 0 spiro atoms. The van der Waals surface area contributed by atoms with Crippen molar-refractivity contribution in [2.75, 3.05) is 44.7 Å². The highest BCUT2D eigenvalue weighted by Crippen LogP contribution is 2.22. The van der Waals surface area contributed by atoms with Gasteiger partial charge in [0.25, 0.3) is 11.8 Å². The summed E-state index contributed by atoms with van der Waals surface area (Å²) < 4.78 is 0. The number of piperazine rings is 1. The quantitative estimate of drug-likeness (QED) is 0.748. The molecule has 0 aliphatic carbocycles. The molecule has 4 rings (SSSR count). The number of aromatic nitrogens is 1. The van der Waals surface area contributed by atoms with E-state index in [-0.39, 0.29) is 29.2 Å². The number of nitrogens with zero attached hydrogens (tertiary/aromatic N) is 6. The van der Waals surface area contributed by atoms with Gasteiger partial charge in [-0.2, -0.15) is 5.26 Å². The number of pyridine rings is 1. The molecule has 1 saturated heterocycles. The Kier molecular flexibility index (Phi) is 6.23. The van der Waals surface area contributed by atoms with Crippen molar-refractivity contribution in [2.45, 2.75) is 19.4 Å². The molecular weight excluding hydrogens is 406 g/mol. The van der Waals surface area contributed by atoms with Gasteiger partial charge in [0, 0.05) is 51.6 Å². The number of nitriles is 1. The normalized spacial score (nSPS) is 20.7. The van der Waals surface area contributed by atoms with E-state index in [0.717, 1.165) is 49.6 Å². The second-order valence-electron chi connectivity index (χ2n) is 7.85. The fraction of sp³-hybridized carbons (Fsp3) is 0.391. The molecule has 4 heterocycles. The minimum absolute atomic E-state index is 0.155. The zero-order valence-electron chi connectivity index (χ0n) is 18.2. The molecule has 1 N–H and O–H groups in total. The van der Waals surface area contributed by atoms with Crippen molar-refractivity contribution in [3.05, 3.63) is 46.8 Å². The highest BCUT2D eigenvalue weighted by molar-refractivity contribution is 6.16. The third kappa shape index (κ3) is 4.36. The van der Waals surface area contributed by atoms with Gasteiger partial charge in [0.1, 0.15) is 17.8 Å². The number of carbonyl (C=O) groups is 2. The molecule has 0 bridgehead atoms. The number of aliphatic imine (C=N–C) groups is 2. The lowest BCUT2D eigenvalue weighted by Gasteiger charge is -2.36. The Bertz CT molecular complexity index is 1100. The van der Waals surface area contributed by atoms with E-state index in [4.69, 9.17) is 0 Å². The van der Waals surface area contributed by atoms with Crippen molar-refractivity contribution >= 4 is 29.4 Å². The van der Waals surface area contributed by atoms with Crippen LogP contribution in [0.2, 0.25) is 0 Å². The molecule has 1 fully saturated rings. The van der Waals surface area contributed by atoms with Gasteiger partial charge in [-0.25, -0.2) is 9.98 Å². The average Bonchev–Trinajstić information content (AvgIpc) is 2.83. The third-order valence-electron chi connectivity index (χ3n) is 5.84. The van der Waals surface area contributed by atoms with E-state index in [1.807, 2.05) is 25.3 Å². The van der Waals surface area contributed by atoms with Gasteiger partial charge in [-0.1, -0.05) is 6.92 Å². The van der Waals surface area contributed by atoms with Gasteiger partial charge in [-0.05, 0) is 36.3 Å². The van der Waals surface area contributed by atoms with Gasteiger partial charge in [0.2, 0.25) is 0 Å². The van der Waals surface area contributed by atoms with E-state index in [2.05, 4.69) is 36.2 Å². The van der Waals surface area contributed by atoms with Crippen LogP contribution in [-0.4, -0.2) is 79.4 Å².